The molecule has 0 aliphatic rings. The van der Waals surface area contributed by atoms with Gasteiger partial charge in [0.1, 0.15) is 22.6 Å². The maximum absolute atomic E-state index is 6.16. The number of aryl methyl sites for hydroxylation is 2. The van der Waals surface area contributed by atoms with Gasteiger partial charge in [-0.1, -0.05) is 18.5 Å². The average molecular weight is 280 g/mol. The van der Waals surface area contributed by atoms with Gasteiger partial charge in [-0.3, -0.25) is 0 Å². The molecule has 0 unspecified atom stereocenters. The monoisotopic (exact) mass is 279 g/mol. The van der Waals surface area contributed by atoms with Crippen LogP contribution in [0, 0.1) is 6.92 Å². The zero-order chi connectivity index (χ0) is 14.0. The Morgan fingerprint density at radius 1 is 1.37 bits per heavy atom. The molecule has 0 aromatic carbocycles. The molecule has 0 spiro atoms. The summed E-state index contributed by atoms with van der Waals surface area (Å²) in [5.74, 6) is 2.60. The van der Waals surface area contributed by atoms with Crippen LogP contribution in [0.2, 0.25) is 5.15 Å². The lowest BCUT2D eigenvalue weighted by atomic mass is 10.3. The Morgan fingerprint density at radius 3 is 2.68 bits per heavy atom. The van der Waals surface area contributed by atoms with Crippen molar-refractivity contribution in [1.29, 1.82) is 0 Å². The van der Waals surface area contributed by atoms with Crippen LogP contribution in [-0.2, 0) is 20.0 Å². The van der Waals surface area contributed by atoms with Crippen LogP contribution in [-0.4, -0.2) is 26.6 Å². The summed E-state index contributed by atoms with van der Waals surface area (Å²) in [6, 6.07) is 0. The molecule has 0 fully saturated rings. The van der Waals surface area contributed by atoms with Gasteiger partial charge in [-0.25, -0.2) is 15.0 Å². The van der Waals surface area contributed by atoms with E-state index in [2.05, 4.69) is 15.0 Å². The molecule has 0 N–H and O–H groups in total. The molecule has 0 aliphatic heterocycles. The molecule has 2 heterocycles. The molecule has 2 rings (SSSR count). The van der Waals surface area contributed by atoms with E-state index in [9.17, 15) is 0 Å². The maximum Gasteiger partial charge on any atom is 0.137 e. The van der Waals surface area contributed by atoms with Gasteiger partial charge in [0.25, 0.3) is 0 Å². The molecule has 0 atom stereocenters. The summed E-state index contributed by atoms with van der Waals surface area (Å²) in [6.45, 7) is 4.64. The van der Waals surface area contributed by atoms with E-state index in [1.165, 1.54) is 0 Å². The van der Waals surface area contributed by atoms with Crippen LogP contribution < -0.4 is 4.90 Å². The summed E-state index contributed by atoms with van der Waals surface area (Å²) < 4.78 is 2.00. The molecule has 0 bridgehead atoms. The first kappa shape index (κ1) is 13.8. The fourth-order valence-corrected chi connectivity index (χ4v) is 2.07. The Bertz CT molecular complexity index is 578. The summed E-state index contributed by atoms with van der Waals surface area (Å²) in [5, 5.41) is 0.522. The van der Waals surface area contributed by atoms with Gasteiger partial charge in [-0.15, -0.1) is 0 Å². The Hall–Kier alpha value is -1.62. The van der Waals surface area contributed by atoms with Gasteiger partial charge in [0.15, 0.2) is 0 Å². The Balaban J connectivity index is 2.30. The fraction of sp³-hybridized carbons (Fsp3) is 0.462. The maximum atomic E-state index is 6.16. The molecular formula is C13H18ClN5. The third-order valence-corrected chi connectivity index (χ3v) is 3.45. The van der Waals surface area contributed by atoms with E-state index in [-0.39, 0.29) is 0 Å². The van der Waals surface area contributed by atoms with E-state index in [0.717, 1.165) is 29.5 Å². The first-order valence-electron chi connectivity index (χ1n) is 6.23. The number of imidazole rings is 1. The number of hydrogen-bond donors (Lipinski definition) is 0. The van der Waals surface area contributed by atoms with E-state index in [1.807, 2.05) is 43.6 Å². The average Bonchev–Trinajstić information content (AvgIpc) is 2.78. The molecule has 0 aliphatic carbocycles. The van der Waals surface area contributed by atoms with Gasteiger partial charge in [-0.2, -0.15) is 0 Å². The summed E-state index contributed by atoms with van der Waals surface area (Å²) in [4.78, 5) is 15.2. The first-order valence-corrected chi connectivity index (χ1v) is 6.61. The zero-order valence-corrected chi connectivity index (χ0v) is 12.4. The van der Waals surface area contributed by atoms with Crippen molar-refractivity contribution in [2.24, 2.45) is 7.05 Å². The highest BCUT2D eigenvalue weighted by Gasteiger charge is 2.14. The fourth-order valence-electron chi connectivity index (χ4n) is 1.89. The van der Waals surface area contributed by atoms with Crippen LogP contribution in [0.5, 0.6) is 0 Å². The number of hydrogen-bond acceptors (Lipinski definition) is 4. The van der Waals surface area contributed by atoms with Crippen molar-refractivity contribution in [3.63, 3.8) is 0 Å². The molecule has 0 radical (unpaired) electrons. The Labute approximate surface area is 118 Å². The van der Waals surface area contributed by atoms with Crippen molar-refractivity contribution in [3.8, 4) is 0 Å². The van der Waals surface area contributed by atoms with Crippen LogP contribution >= 0.6 is 11.6 Å². The predicted octanol–water partition coefficient (Wildman–Crippen LogP) is 2.37. The van der Waals surface area contributed by atoms with Crippen molar-refractivity contribution in [1.82, 2.24) is 19.5 Å². The minimum absolute atomic E-state index is 0.522. The Kier molecular flexibility index (Phi) is 4.04. The van der Waals surface area contributed by atoms with E-state index < -0.39 is 0 Å². The molecule has 5 nitrogen and oxygen atoms in total. The standard InChI is InChI=1S/C13H18ClN5/c1-5-10-16-12(14)9(2)13(17-10)19(4)8-11-15-6-7-18(11)3/h6-7H,5,8H2,1-4H3. The lowest BCUT2D eigenvalue weighted by Gasteiger charge is -2.20. The number of halogens is 1. The quantitative estimate of drug-likeness (QED) is 0.806. The number of rotatable bonds is 4. The molecule has 0 amide bonds. The highest BCUT2D eigenvalue weighted by molar-refractivity contribution is 6.30. The first-order chi connectivity index (χ1) is 9.02. The van der Waals surface area contributed by atoms with Gasteiger partial charge in [-0.05, 0) is 6.92 Å². The van der Waals surface area contributed by atoms with E-state index in [0.29, 0.717) is 11.7 Å². The third kappa shape index (κ3) is 2.87. The van der Waals surface area contributed by atoms with Gasteiger partial charge in [0, 0.05) is 38.5 Å². The summed E-state index contributed by atoms with van der Waals surface area (Å²) in [6.07, 6.45) is 4.49. The molecule has 6 heteroatoms. The lowest BCUT2D eigenvalue weighted by Crippen LogP contribution is -2.22. The van der Waals surface area contributed by atoms with Crippen LogP contribution in [0.1, 0.15) is 24.1 Å². The smallest absolute Gasteiger partial charge is 0.137 e. The molecule has 102 valence electrons. The topological polar surface area (TPSA) is 46.8 Å². The van der Waals surface area contributed by atoms with Crippen molar-refractivity contribution in [2.75, 3.05) is 11.9 Å². The predicted molar refractivity (Wildman–Crippen MR) is 76.5 cm³/mol. The van der Waals surface area contributed by atoms with Crippen LogP contribution in [0.3, 0.4) is 0 Å². The molecule has 19 heavy (non-hydrogen) atoms. The van der Waals surface area contributed by atoms with Crippen molar-refractivity contribution in [3.05, 3.63) is 34.8 Å². The van der Waals surface area contributed by atoms with Crippen LogP contribution in [0.15, 0.2) is 12.4 Å². The van der Waals surface area contributed by atoms with Crippen LogP contribution in [0.25, 0.3) is 0 Å². The summed E-state index contributed by atoms with van der Waals surface area (Å²) in [7, 11) is 3.97. The second kappa shape index (κ2) is 5.57. The highest BCUT2D eigenvalue weighted by atomic mass is 35.5. The highest BCUT2D eigenvalue weighted by Crippen LogP contribution is 2.23. The largest absolute Gasteiger partial charge is 0.352 e. The second-order valence-electron chi connectivity index (χ2n) is 4.54. The van der Waals surface area contributed by atoms with Crippen molar-refractivity contribution in [2.45, 2.75) is 26.8 Å². The van der Waals surface area contributed by atoms with E-state index in [4.69, 9.17) is 11.6 Å². The van der Waals surface area contributed by atoms with Crippen molar-refractivity contribution >= 4 is 17.4 Å². The molecular weight excluding hydrogens is 262 g/mol. The molecule has 2 aromatic rings. The molecule has 0 saturated carbocycles. The van der Waals surface area contributed by atoms with Crippen LogP contribution in [0.4, 0.5) is 5.82 Å². The Morgan fingerprint density at radius 2 is 2.11 bits per heavy atom. The number of nitrogens with zero attached hydrogens (tertiary/aromatic N) is 5. The van der Waals surface area contributed by atoms with Gasteiger partial charge in [0.2, 0.25) is 0 Å². The zero-order valence-electron chi connectivity index (χ0n) is 11.7. The molecule has 2 aromatic heterocycles. The summed E-state index contributed by atoms with van der Waals surface area (Å²) in [5.41, 5.74) is 0.899. The third-order valence-electron chi connectivity index (χ3n) is 3.08. The van der Waals surface area contributed by atoms with E-state index in [1.54, 1.807) is 6.20 Å². The second-order valence-corrected chi connectivity index (χ2v) is 4.90. The SMILES string of the molecule is CCc1nc(Cl)c(C)c(N(C)Cc2nccn2C)n1. The van der Waals surface area contributed by atoms with Gasteiger partial charge >= 0.3 is 0 Å². The van der Waals surface area contributed by atoms with Gasteiger partial charge < -0.3 is 9.47 Å². The normalized spacial score (nSPS) is 10.8. The van der Waals surface area contributed by atoms with Gasteiger partial charge in [0.05, 0.1) is 6.54 Å². The minimum Gasteiger partial charge on any atom is -0.352 e. The molecule has 0 saturated heterocycles. The number of aromatic nitrogens is 4. The van der Waals surface area contributed by atoms with E-state index >= 15 is 0 Å². The minimum atomic E-state index is 0.522. The lowest BCUT2D eigenvalue weighted by molar-refractivity contribution is 0.748. The summed E-state index contributed by atoms with van der Waals surface area (Å²) >= 11 is 6.16. The van der Waals surface area contributed by atoms with Crippen molar-refractivity contribution < 1.29 is 0 Å². The number of anilines is 1.